The molecule has 1 aliphatic rings. The van der Waals surface area contributed by atoms with Gasteiger partial charge in [0, 0.05) is 29.4 Å². The Kier molecular flexibility index (Phi) is 3.86. The van der Waals surface area contributed by atoms with Gasteiger partial charge in [0.25, 0.3) is 17.7 Å². The van der Waals surface area contributed by atoms with Gasteiger partial charge in [-0.25, -0.2) is 0 Å². The molecule has 1 aliphatic heterocycles. The van der Waals surface area contributed by atoms with E-state index in [-0.39, 0.29) is 17.0 Å². The third-order valence-corrected chi connectivity index (χ3v) is 5.30. The van der Waals surface area contributed by atoms with E-state index in [1.165, 1.54) is 32.4 Å². The Hall–Kier alpha value is -4.13. The van der Waals surface area contributed by atoms with Gasteiger partial charge in [-0.05, 0) is 30.3 Å². The van der Waals surface area contributed by atoms with E-state index in [2.05, 4.69) is 5.32 Å². The molecule has 30 heavy (non-hydrogen) atoms. The lowest BCUT2D eigenvalue weighted by molar-refractivity contribution is 0.0693. The molecule has 148 valence electrons. The molecule has 0 unspecified atom stereocenters. The lowest BCUT2D eigenvalue weighted by Gasteiger charge is -2.11. The van der Waals surface area contributed by atoms with E-state index >= 15 is 0 Å². The van der Waals surface area contributed by atoms with Crippen LogP contribution in [0.1, 0.15) is 31.1 Å². The van der Waals surface area contributed by atoms with Gasteiger partial charge < -0.3 is 14.5 Å². The molecule has 0 aliphatic carbocycles. The van der Waals surface area contributed by atoms with Crippen molar-refractivity contribution in [2.24, 2.45) is 0 Å². The average molecular weight is 400 g/mol. The molecule has 0 saturated heterocycles. The Morgan fingerprint density at radius 2 is 1.70 bits per heavy atom. The van der Waals surface area contributed by atoms with Crippen LogP contribution >= 0.6 is 0 Å². The Morgan fingerprint density at radius 3 is 2.50 bits per heavy atom. The van der Waals surface area contributed by atoms with E-state index < -0.39 is 11.8 Å². The first kappa shape index (κ1) is 17.9. The molecule has 0 radical (unpaired) electrons. The number of nitrogens with zero attached hydrogens (tertiary/aromatic N) is 1. The standard InChI is InChI=1S/C23H16N2O5/c1-25-22(27)14-8-7-12(9-16(14)23(25)28)21(26)24-17-11-19-15(10-20(17)29-2)13-5-3-4-6-18(13)30-19/h3-11H,1-2H3,(H,24,26). The third-order valence-electron chi connectivity index (χ3n) is 5.30. The zero-order valence-corrected chi connectivity index (χ0v) is 16.2. The first-order valence-electron chi connectivity index (χ1n) is 9.25. The number of fused-ring (bicyclic) bond motifs is 4. The molecule has 3 amide bonds. The van der Waals surface area contributed by atoms with Crippen molar-refractivity contribution in [1.82, 2.24) is 4.90 Å². The normalized spacial score (nSPS) is 13.2. The molecule has 7 nitrogen and oxygen atoms in total. The summed E-state index contributed by atoms with van der Waals surface area (Å²) in [6.45, 7) is 0. The first-order chi connectivity index (χ1) is 14.5. The molecule has 5 rings (SSSR count). The predicted octanol–water partition coefficient (Wildman–Crippen LogP) is 4.07. The summed E-state index contributed by atoms with van der Waals surface area (Å²) in [5, 5.41) is 4.64. The Labute approximate surface area is 170 Å². The van der Waals surface area contributed by atoms with Crippen molar-refractivity contribution in [2.45, 2.75) is 0 Å². The van der Waals surface area contributed by atoms with E-state index in [0.717, 1.165) is 21.3 Å². The van der Waals surface area contributed by atoms with Crippen LogP contribution in [0.5, 0.6) is 5.75 Å². The number of hydrogen-bond donors (Lipinski definition) is 1. The van der Waals surface area contributed by atoms with Gasteiger partial charge in [0.05, 0.1) is 23.9 Å². The van der Waals surface area contributed by atoms with Crippen LogP contribution in [-0.4, -0.2) is 36.8 Å². The lowest BCUT2D eigenvalue weighted by Crippen LogP contribution is -2.24. The smallest absolute Gasteiger partial charge is 0.261 e. The summed E-state index contributed by atoms with van der Waals surface area (Å²) in [7, 11) is 2.94. The number of anilines is 1. The molecule has 2 heterocycles. The summed E-state index contributed by atoms with van der Waals surface area (Å²) in [5.74, 6) is -0.749. The summed E-state index contributed by atoms with van der Waals surface area (Å²) >= 11 is 0. The van der Waals surface area contributed by atoms with Gasteiger partial charge in [0.2, 0.25) is 0 Å². The number of furan rings is 1. The van der Waals surface area contributed by atoms with Crippen LogP contribution < -0.4 is 10.1 Å². The highest BCUT2D eigenvalue weighted by Gasteiger charge is 2.33. The predicted molar refractivity (Wildman–Crippen MR) is 111 cm³/mol. The van der Waals surface area contributed by atoms with Crippen molar-refractivity contribution < 1.29 is 23.5 Å². The average Bonchev–Trinajstić information content (AvgIpc) is 3.23. The van der Waals surface area contributed by atoms with Crippen LogP contribution in [0.25, 0.3) is 21.9 Å². The second kappa shape index (κ2) is 6.45. The second-order valence-electron chi connectivity index (χ2n) is 7.03. The maximum atomic E-state index is 12.9. The van der Waals surface area contributed by atoms with Gasteiger partial charge in [-0.15, -0.1) is 0 Å². The van der Waals surface area contributed by atoms with E-state index in [4.69, 9.17) is 9.15 Å². The van der Waals surface area contributed by atoms with Crippen LogP contribution in [0.15, 0.2) is 59.0 Å². The molecule has 0 atom stereocenters. The van der Waals surface area contributed by atoms with Gasteiger partial charge >= 0.3 is 0 Å². The fraction of sp³-hybridized carbons (Fsp3) is 0.0870. The molecule has 0 spiro atoms. The Balaban J connectivity index is 1.53. The van der Waals surface area contributed by atoms with Crippen molar-refractivity contribution in [3.05, 3.63) is 71.3 Å². The van der Waals surface area contributed by atoms with Crippen LogP contribution in [0.2, 0.25) is 0 Å². The van der Waals surface area contributed by atoms with E-state index in [1.807, 2.05) is 30.3 Å². The minimum atomic E-state index is -0.429. The molecule has 1 aromatic heterocycles. The van der Waals surface area contributed by atoms with Crippen LogP contribution in [0.4, 0.5) is 5.69 Å². The van der Waals surface area contributed by atoms with E-state index in [0.29, 0.717) is 22.6 Å². The van der Waals surface area contributed by atoms with Crippen LogP contribution in [0, 0.1) is 0 Å². The highest BCUT2D eigenvalue weighted by Crippen LogP contribution is 2.36. The number of imide groups is 1. The summed E-state index contributed by atoms with van der Waals surface area (Å²) in [5.41, 5.74) is 2.56. The number of amides is 3. The number of hydrogen-bond acceptors (Lipinski definition) is 5. The molecule has 7 heteroatoms. The van der Waals surface area contributed by atoms with Crippen molar-refractivity contribution >= 4 is 45.3 Å². The van der Waals surface area contributed by atoms with Crippen molar-refractivity contribution in [2.75, 3.05) is 19.5 Å². The number of ether oxygens (including phenoxy) is 1. The summed E-state index contributed by atoms with van der Waals surface area (Å²) in [6.07, 6.45) is 0. The Morgan fingerprint density at radius 1 is 0.933 bits per heavy atom. The monoisotopic (exact) mass is 400 g/mol. The topological polar surface area (TPSA) is 88.9 Å². The zero-order chi connectivity index (χ0) is 21.0. The largest absolute Gasteiger partial charge is 0.495 e. The highest BCUT2D eigenvalue weighted by molar-refractivity contribution is 6.22. The van der Waals surface area contributed by atoms with Crippen molar-refractivity contribution in [1.29, 1.82) is 0 Å². The second-order valence-corrected chi connectivity index (χ2v) is 7.03. The molecule has 4 aromatic rings. The number of carbonyl (C=O) groups excluding carboxylic acids is 3. The summed E-state index contributed by atoms with van der Waals surface area (Å²) < 4.78 is 11.3. The summed E-state index contributed by atoms with van der Waals surface area (Å²) in [4.78, 5) is 38.1. The molecule has 3 aromatic carbocycles. The fourth-order valence-electron chi connectivity index (χ4n) is 3.72. The minimum absolute atomic E-state index is 0.217. The molecule has 0 bridgehead atoms. The maximum Gasteiger partial charge on any atom is 0.261 e. The van der Waals surface area contributed by atoms with E-state index in [9.17, 15) is 14.4 Å². The first-order valence-corrected chi connectivity index (χ1v) is 9.25. The molecular formula is C23H16N2O5. The number of benzene rings is 3. The molecule has 0 saturated carbocycles. The molecule has 1 N–H and O–H groups in total. The van der Waals surface area contributed by atoms with Gasteiger partial charge in [0.1, 0.15) is 16.9 Å². The number of para-hydroxylation sites is 1. The van der Waals surface area contributed by atoms with Gasteiger partial charge in [-0.1, -0.05) is 18.2 Å². The van der Waals surface area contributed by atoms with Gasteiger partial charge in [-0.2, -0.15) is 0 Å². The summed E-state index contributed by atoms with van der Waals surface area (Å²) in [6, 6.07) is 15.6. The highest BCUT2D eigenvalue weighted by atomic mass is 16.5. The number of methoxy groups -OCH3 is 1. The van der Waals surface area contributed by atoms with Crippen LogP contribution in [0.3, 0.4) is 0 Å². The van der Waals surface area contributed by atoms with E-state index in [1.54, 1.807) is 6.07 Å². The van der Waals surface area contributed by atoms with Crippen molar-refractivity contribution in [3.8, 4) is 5.75 Å². The number of rotatable bonds is 3. The SMILES string of the molecule is COc1cc2c(cc1NC(=O)c1ccc3c(c1)C(=O)N(C)C3=O)oc1ccccc12. The van der Waals surface area contributed by atoms with Gasteiger partial charge in [0.15, 0.2) is 0 Å². The zero-order valence-electron chi connectivity index (χ0n) is 16.2. The third kappa shape index (κ3) is 2.56. The number of nitrogens with one attached hydrogen (secondary N) is 1. The number of carbonyl (C=O) groups is 3. The van der Waals surface area contributed by atoms with Gasteiger partial charge in [-0.3, -0.25) is 19.3 Å². The minimum Gasteiger partial charge on any atom is -0.495 e. The van der Waals surface area contributed by atoms with Crippen LogP contribution in [-0.2, 0) is 0 Å². The molecular weight excluding hydrogens is 384 g/mol. The lowest BCUT2D eigenvalue weighted by atomic mass is 10.0. The fourth-order valence-corrected chi connectivity index (χ4v) is 3.72. The quantitative estimate of drug-likeness (QED) is 0.524. The Bertz CT molecular complexity index is 1390. The molecule has 0 fully saturated rings. The maximum absolute atomic E-state index is 12.9. The van der Waals surface area contributed by atoms with Crippen molar-refractivity contribution in [3.63, 3.8) is 0 Å².